The maximum atomic E-state index is 4.97. The quantitative estimate of drug-likeness (QED) is 0.642. The number of H-pyrrole nitrogens is 1. The van der Waals surface area contributed by atoms with Crippen LogP contribution in [0.2, 0.25) is 0 Å². The van der Waals surface area contributed by atoms with Crippen LogP contribution in [0.1, 0.15) is 5.76 Å². The van der Waals surface area contributed by atoms with E-state index in [4.69, 9.17) is 4.52 Å². The second-order valence-electron chi connectivity index (χ2n) is 3.17. The SMILES string of the molecule is Cc1cc(-c2nc3ncncc3[nH]2)no1. The van der Waals surface area contributed by atoms with E-state index < -0.39 is 0 Å². The van der Waals surface area contributed by atoms with E-state index in [0.29, 0.717) is 17.2 Å². The molecular weight excluding hydrogens is 194 g/mol. The molecule has 0 fully saturated rings. The summed E-state index contributed by atoms with van der Waals surface area (Å²) in [5.41, 5.74) is 2.08. The van der Waals surface area contributed by atoms with Crippen molar-refractivity contribution in [2.24, 2.45) is 0 Å². The van der Waals surface area contributed by atoms with Crippen molar-refractivity contribution in [1.82, 2.24) is 25.1 Å². The molecule has 0 radical (unpaired) electrons. The minimum atomic E-state index is 0.626. The Balaban J connectivity index is 2.19. The lowest BCUT2D eigenvalue weighted by molar-refractivity contribution is 0.399. The number of aromatic nitrogens is 5. The van der Waals surface area contributed by atoms with Crippen LogP contribution in [0, 0.1) is 6.92 Å². The Labute approximate surface area is 84.4 Å². The summed E-state index contributed by atoms with van der Waals surface area (Å²) < 4.78 is 4.97. The highest BCUT2D eigenvalue weighted by Crippen LogP contribution is 2.17. The summed E-state index contributed by atoms with van der Waals surface area (Å²) in [7, 11) is 0. The van der Waals surface area contributed by atoms with Crippen LogP contribution < -0.4 is 0 Å². The molecule has 0 atom stereocenters. The van der Waals surface area contributed by atoms with E-state index in [1.807, 2.05) is 13.0 Å². The second-order valence-corrected chi connectivity index (χ2v) is 3.17. The summed E-state index contributed by atoms with van der Waals surface area (Å²) in [4.78, 5) is 15.3. The van der Waals surface area contributed by atoms with Crippen molar-refractivity contribution < 1.29 is 4.52 Å². The Morgan fingerprint density at radius 1 is 1.40 bits per heavy atom. The Hall–Kier alpha value is -2.24. The summed E-state index contributed by atoms with van der Waals surface area (Å²) in [6, 6.07) is 1.81. The van der Waals surface area contributed by atoms with Crippen LogP contribution in [-0.2, 0) is 0 Å². The molecule has 0 saturated heterocycles. The van der Waals surface area contributed by atoms with Gasteiger partial charge in [0, 0.05) is 6.07 Å². The smallest absolute Gasteiger partial charge is 0.181 e. The molecule has 0 aliphatic rings. The van der Waals surface area contributed by atoms with Gasteiger partial charge in [0.05, 0.1) is 6.20 Å². The van der Waals surface area contributed by atoms with E-state index in [0.717, 1.165) is 11.3 Å². The molecule has 3 heterocycles. The lowest BCUT2D eigenvalue weighted by atomic mass is 10.4. The number of nitrogens with zero attached hydrogens (tertiary/aromatic N) is 4. The van der Waals surface area contributed by atoms with Gasteiger partial charge in [-0.25, -0.2) is 15.0 Å². The molecule has 3 aromatic rings. The van der Waals surface area contributed by atoms with Gasteiger partial charge in [0.25, 0.3) is 0 Å². The zero-order chi connectivity index (χ0) is 10.3. The van der Waals surface area contributed by atoms with Crippen LogP contribution in [-0.4, -0.2) is 25.1 Å². The zero-order valence-electron chi connectivity index (χ0n) is 7.93. The fourth-order valence-corrected chi connectivity index (χ4v) is 1.36. The zero-order valence-corrected chi connectivity index (χ0v) is 7.93. The number of rotatable bonds is 1. The highest BCUT2D eigenvalue weighted by molar-refractivity contribution is 5.73. The molecule has 3 rings (SSSR count). The highest BCUT2D eigenvalue weighted by Gasteiger charge is 2.09. The van der Waals surface area contributed by atoms with Crippen molar-refractivity contribution >= 4 is 11.2 Å². The highest BCUT2D eigenvalue weighted by atomic mass is 16.5. The van der Waals surface area contributed by atoms with Crippen LogP contribution in [0.15, 0.2) is 23.1 Å². The number of hydrogen-bond donors (Lipinski definition) is 1. The average molecular weight is 201 g/mol. The van der Waals surface area contributed by atoms with Gasteiger partial charge in [-0.05, 0) is 6.92 Å². The van der Waals surface area contributed by atoms with Crippen molar-refractivity contribution in [3.05, 3.63) is 24.4 Å². The first-order valence-electron chi connectivity index (χ1n) is 4.42. The fourth-order valence-electron chi connectivity index (χ4n) is 1.36. The molecule has 6 nitrogen and oxygen atoms in total. The molecule has 0 unspecified atom stereocenters. The molecule has 0 aliphatic carbocycles. The van der Waals surface area contributed by atoms with Gasteiger partial charge in [-0.2, -0.15) is 0 Å². The third-order valence-corrected chi connectivity index (χ3v) is 2.03. The number of fused-ring (bicyclic) bond motifs is 1. The number of aryl methyl sites for hydroxylation is 1. The molecule has 0 bridgehead atoms. The molecule has 6 heteroatoms. The van der Waals surface area contributed by atoms with Crippen molar-refractivity contribution in [3.63, 3.8) is 0 Å². The summed E-state index contributed by atoms with van der Waals surface area (Å²) >= 11 is 0. The Morgan fingerprint density at radius 3 is 3.07 bits per heavy atom. The first-order valence-corrected chi connectivity index (χ1v) is 4.42. The van der Waals surface area contributed by atoms with Crippen molar-refractivity contribution in [1.29, 1.82) is 0 Å². The molecule has 0 aromatic carbocycles. The summed E-state index contributed by atoms with van der Waals surface area (Å²) in [6.07, 6.45) is 3.13. The fraction of sp³-hybridized carbons (Fsp3) is 0.111. The van der Waals surface area contributed by atoms with Crippen LogP contribution in [0.25, 0.3) is 22.7 Å². The number of nitrogens with one attached hydrogen (secondary N) is 1. The molecule has 74 valence electrons. The molecule has 15 heavy (non-hydrogen) atoms. The monoisotopic (exact) mass is 201 g/mol. The molecule has 0 spiro atoms. The Bertz CT molecular complexity index is 579. The first kappa shape index (κ1) is 8.10. The molecule has 0 amide bonds. The van der Waals surface area contributed by atoms with Gasteiger partial charge in [-0.15, -0.1) is 0 Å². The van der Waals surface area contributed by atoms with Crippen LogP contribution in [0.3, 0.4) is 0 Å². The Morgan fingerprint density at radius 2 is 2.33 bits per heavy atom. The van der Waals surface area contributed by atoms with E-state index in [-0.39, 0.29) is 0 Å². The van der Waals surface area contributed by atoms with Crippen LogP contribution in [0.4, 0.5) is 0 Å². The van der Waals surface area contributed by atoms with Crippen molar-refractivity contribution in [2.75, 3.05) is 0 Å². The molecule has 3 aromatic heterocycles. The molecule has 0 aliphatic heterocycles. The lowest BCUT2D eigenvalue weighted by Crippen LogP contribution is -1.78. The maximum Gasteiger partial charge on any atom is 0.181 e. The predicted molar refractivity (Wildman–Crippen MR) is 51.9 cm³/mol. The van der Waals surface area contributed by atoms with E-state index in [2.05, 4.69) is 25.1 Å². The Kier molecular flexibility index (Phi) is 1.55. The second kappa shape index (κ2) is 2.88. The van der Waals surface area contributed by atoms with Crippen molar-refractivity contribution in [3.8, 4) is 11.5 Å². The van der Waals surface area contributed by atoms with E-state index in [9.17, 15) is 0 Å². The normalized spacial score (nSPS) is 11.0. The number of aromatic amines is 1. The molecular formula is C9H7N5O. The van der Waals surface area contributed by atoms with Crippen LogP contribution >= 0.6 is 0 Å². The summed E-state index contributed by atoms with van der Waals surface area (Å²) in [5, 5.41) is 3.86. The van der Waals surface area contributed by atoms with Crippen LogP contribution in [0.5, 0.6) is 0 Å². The summed E-state index contributed by atoms with van der Waals surface area (Å²) in [5.74, 6) is 1.39. The topological polar surface area (TPSA) is 80.5 Å². The summed E-state index contributed by atoms with van der Waals surface area (Å²) in [6.45, 7) is 1.83. The average Bonchev–Trinajstić information content (AvgIpc) is 2.82. The minimum absolute atomic E-state index is 0.626. The van der Waals surface area contributed by atoms with E-state index in [1.165, 1.54) is 6.33 Å². The van der Waals surface area contributed by atoms with Gasteiger partial charge in [-0.1, -0.05) is 5.16 Å². The van der Waals surface area contributed by atoms with Gasteiger partial charge >= 0.3 is 0 Å². The molecule has 1 N–H and O–H groups in total. The lowest BCUT2D eigenvalue weighted by Gasteiger charge is -1.82. The van der Waals surface area contributed by atoms with E-state index in [1.54, 1.807) is 6.20 Å². The standard InChI is InChI=1S/C9H7N5O/c1-5-2-6(14-15-5)9-12-7-3-10-4-11-8(7)13-9/h2-4H,1H3,(H,10,11,12,13). The van der Waals surface area contributed by atoms with Gasteiger partial charge in [0.1, 0.15) is 23.3 Å². The van der Waals surface area contributed by atoms with E-state index >= 15 is 0 Å². The van der Waals surface area contributed by atoms with Gasteiger partial charge in [-0.3, -0.25) is 0 Å². The largest absolute Gasteiger partial charge is 0.361 e. The van der Waals surface area contributed by atoms with Gasteiger partial charge in [0.2, 0.25) is 0 Å². The van der Waals surface area contributed by atoms with Gasteiger partial charge in [0.15, 0.2) is 11.5 Å². The van der Waals surface area contributed by atoms with Gasteiger partial charge < -0.3 is 9.51 Å². The first-order chi connectivity index (χ1) is 7.33. The number of imidazole rings is 1. The van der Waals surface area contributed by atoms with Crippen molar-refractivity contribution in [2.45, 2.75) is 6.92 Å². The minimum Gasteiger partial charge on any atom is -0.361 e. The predicted octanol–water partition coefficient (Wildman–Crippen LogP) is 1.32. The number of hydrogen-bond acceptors (Lipinski definition) is 5. The maximum absolute atomic E-state index is 4.97. The molecule has 0 saturated carbocycles. The third kappa shape index (κ3) is 1.26. The third-order valence-electron chi connectivity index (χ3n) is 2.03.